The minimum absolute atomic E-state index is 0.300. The van der Waals surface area contributed by atoms with Crippen LogP contribution < -0.4 is 10.1 Å². The second-order valence-electron chi connectivity index (χ2n) is 5.88. The standard InChI is InChI=1S/C15H23NO3S/c1-15(2,20(4,17)18)14(16-3)12-9-5-7-11-8-6-10-19-13(11)12/h5,7,9,14,16H,6,8,10H2,1-4H3. The van der Waals surface area contributed by atoms with Crippen molar-refractivity contribution in [3.63, 3.8) is 0 Å². The van der Waals surface area contributed by atoms with Crippen LogP contribution in [-0.2, 0) is 16.3 Å². The van der Waals surface area contributed by atoms with Crippen LogP contribution in [0, 0.1) is 0 Å². The van der Waals surface area contributed by atoms with Crippen LogP contribution in [-0.4, -0.2) is 33.1 Å². The second kappa shape index (κ2) is 5.37. The molecule has 0 saturated heterocycles. The molecule has 1 aliphatic heterocycles. The molecule has 1 unspecified atom stereocenters. The zero-order valence-corrected chi connectivity index (χ0v) is 13.4. The third kappa shape index (κ3) is 2.56. The number of hydrogen-bond acceptors (Lipinski definition) is 4. The highest BCUT2D eigenvalue weighted by atomic mass is 32.2. The summed E-state index contributed by atoms with van der Waals surface area (Å²) >= 11 is 0. The third-order valence-electron chi connectivity index (χ3n) is 4.21. The summed E-state index contributed by atoms with van der Waals surface area (Å²) in [6.07, 6.45) is 3.28. The Morgan fingerprint density at radius 3 is 2.65 bits per heavy atom. The number of para-hydroxylation sites is 1. The van der Waals surface area contributed by atoms with Crippen LogP contribution in [0.5, 0.6) is 5.75 Å². The predicted molar refractivity (Wildman–Crippen MR) is 81.0 cm³/mol. The molecule has 1 aromatic rings. The molecule has 112 valence electrons. The Labute approximate surface area is 121 Å². The molecule has 2 rings (SSSR count). The molecule has 0 saturated carbocycles. The van der Waals surface area contributed by atoms with Gasteiger partial charge in [-0.3, -0.25) is 0 Å². The van der Waals surface area contributed by atoms with Crippen molar-refractivity contribution in [2.75, 3.05) is 19.9 Å². The van der Waals surface area contributed by atoms with Crippen LogP contribution >= 0.6 is 0 Å². The lowest BCUT2D eigenvalue weighted by atomic mass is 9.91. The highest BCUT2D eigenvalue weighted by Gasteiger charge is 2.40. The number of hydrogen-bond donors (Lipinski definition) is 1. The van der Waals surface area contributed by atoms with Gasteiger partial charge in [0.25, 0.3) is 0 Å². The van der Waals surface area contributed by atoms with Crippen LogP contribution in [0.2, 0.25) is 0 Å². The summed E-state index contributed by atoms with van der Waals surface area (Å²) in [5, 5.41) is 3.16. The van der Waals surface area contributed by atoms with Gasteiger partial charge in [-0.1, -0.05) is 18.2 Å². The third-order valence-corrected chi connectivity index (χ3v) is 6.36. The van der Waals surface area contributed by atoms with Crippen LogP contribution in [0.15, 0.2) is 18.2 Å². The number of sulfone groups is 1. The summed E-state index contributed by atoms with van der Waals surface area (Å²) < 4.78 is 29.1. The van der Waals surface area contributed by atoms with Gasteiger partial charge in [0.15, 0.2) is 9.84 Å². The van der Waals surface area contributed by atoms with Gasteiger partial charge in [0.2, 0.25) is 0 Å². The Morgan fingerprint density at radius 1 is 1.35 bits per heavy atom. The molecule has 0 spiro atoms. The Hall–Kier alpha value is -1.07. The number of ether oxygens (including phenoxy) is 1. The van der Waals surface area contributed by atoms with E-state index in [2.05, 4.69) is 11.4 Å². The van der Waals surface area contributed by atoms with Crippen LogP contribution in [0.25, 0.3) is 0 Å². The van der Waals surface area contributed by atoms with Crippen molar-refractivity contribution in [3.05, 3.63) is 29.3 Å². The van der Waals surface area contributed by atoms with E-state index in [1.807, 2.05) is 12.1 Å². The fourth-order valence-electron chi connectivity index (χ4n) is 2.73. The van der Waals surface area contributed by atoms with E-state index in [-0.39, 0.29) is 6.04 Å². The quantitative estimate of drug-likeness (QED) is 0.924. The highest BCUT2D eigenvalue weighted by Crippen LogP contribution is 2.39. The van der Waals surface area contributed by atoms with E-state index in [9.17, 15) is 8.42 Å². The van der Waals surface area contributed by atoms with Gasteiger partial charge in [0.05, 0.1) is 17.4 Å². The summed E-state index contributed by atoms with van der Waals surface area (Å²) in [5.41, 5.74) is 2.10. The summed E-state index contributed by atoms with van der Waals surface area (Å²) in [7, 11) is -1.41. The number of fused-ring (bicyclic) bond motifs is 1. The SMILES string of the molecule is CNC(c1cccc2c1OCCC2)C(C)(C)S(C)(=O)=O. The second-order valence-corrected chi connectivity index (χ2v) is 8.48. The lowest BCUT2D eigenvalue weighted by Crippen LogP contribution is -2.44. The first-order chi connectivity index (χ1) is 9.29. The van der Waals surface area contributed by atoms with E-state index in [4.69, 9.17) is 4.74 Å². The molecular formula is C15H23NO3S. The van der Waals surface area contributed by atoms with Gasteiger partial charge in [-0.05, 0) is 39.3 Å². The molecule has 1 N–H and O–H groups in total. The minimum atomic E-state index is -3.21. The molecule has 0 radical (unpaired) electrons. The first-order valence-electron chi connectivity index (χ1n) is 6.90. The Morgan fingerprint density at radius 2 is 2.05 bits per heavy atom. The highest BCUT2D eigenvalue weighted by molar-refractivity contribution is 7.92. The average Bonchev–Trinajstić information content (AvgIpc) is 2.38. The van der Waals surface area contributed by atoms with E-state index >= 15 is 0 Å². The maximum Gasteiger partial charge on any atom is 0.154 e. The van der Waals surface area contributed by atoms with Crippen molar-refractivity contribution in [3.8, 4) is 5.75 Å². The van der Waals surface area contributed by atoms with E-state index in [0.29, 0.717) is 6.61 Å². The molecule has 20 heavy (non-hydrogen) atoms. The number of benzene rings is 1. The van der Waals surface area contributed by atoms with Gasteiger partial charge >= 0.3 is 0 Å². The molecule has 0 bridgehead atoms. The van der Waals surface area contributed by atoms with Gasteiger partial charge in [-0.25, -0.2) is 8.42 Å². The Kier molecular flexibility index (Phi) is 4.12. The van der Waals surface area contributed by atoms with Crippen molar-refractivity contribution < 1.29 is 13.2 Å². The zero-order valence-electron chi connectivity index (χ0n) is 12.6. The normalized spacial score (nSPS) is 17.2. The minimum Gasteiger partial charge on any atom is -0.493 e. The molecule has 0 amide bonds. The molecule has 4 nitrogen and oxygen atoms in total. The zero-order chi connectivity index (χ0) is 15.0. The molecule has 1 aliphatic rings. The molecule has 0 aromatic heterocycles. The van der Waals surface area contributed by atoms with E-state index in [1.165, 1.54) is 11.8 Å². The number of rotatable bonds is 4. The van der Waals surface area contributed by atoms with Crippen molar-refractivity contribution in [2.45, 2.75) is 37.5 Å². The lowest BCUT2D eigenvalue weighted by Gasteiger charge is -2.35. The smallest absolute Gasteiger partial charge is 0.154 e. The molecule has 0 fully saturated rings. The Balaban J connectivity index is 2.53. The van der Waals surface area contributed by atoms with Gasteiger partial charge in [0.1, 0.15) is 5.75 Å². The summed E-state index contributed by atoms with van der Waals surface area (Å²) in [4.78, 5) is 0. The lowest BCUT2D eigenvalue weighted by molar-refractivity contribution is 0.279. The first kappa shape index (κ1) is 15.3. The largest absolute Gasteiger partial charge is 0.493 e. The number of nitrogens with one attached hydrogen (secondary N) is 1. The molecule has 1 aromatic carbocycles. The van der Waals surface area contributed by atoms with E-state index in [1.54, 1.807) is 20.9 Å². The monoisotopic (exact) mass is 297 g/mol. The van der Waals surface area contributed by atoms with Gasteiger partial charge in [0, 0.05) is 11.8 Å². The molecular weight excluding hydrogens is 274 g/mol. The van der Waals surface area contributed by atoms with Crippen LogP contribution in [0.1, 0.15) is 37.4 Å². The maximum absolute atomic E-state index is 12.1. The summed E-state index contributed by atoms with van der Waals surface area (Å²) in [5.74, 6) is 0.856. The Bertz CT molecular complexity index is 593. The maximum atomic E-state index is 12.1. The summed E-state index contributed by atoms with van der Waals surface area (Å²) in [6, 6.07) is 5.69. The molecule has 0 aliphatic carbocycles. The molecule has 5 heteroatoms. The number of aryl methyl sites for hydroxylation is 1. The van der Waals surface area contributed by atoms with Crippen LogP contribution in [0.4, 0.5) is 0 Å². The fraction of sp³-hybridized carbons (Fsp3) is 0.600. The van der Waals surface area contributed by atoms with Crippen molar-refractivity contribution in [1.29, 1.82) is 0 Å². The van der Waals surface area contributed by atoms with Crippen molar-refractivity contribution in [2.24, 2.45) is 0 Å². The van der Waals surface area contributed by atoms with Crippen LogP contribution in [0.3, 0.4) is 0 Å². The van der Waals surface area contributed by atoms with Gasteiger partial charge < -0.3 is 10.1 Å². The first-order valence-corrected chi connectivity index (χ1v) is 8.79. The van der Waals surface area contributed by atoms with E-state index in [0.717, 1.165) is 24.2 Å². The van der Waals surface area contributed by atoms with E-state index < -0.39 is 14.6 Å². The van der Waals surface area contributed by atoms with Crippen molar-refractivity contribution in [1.82, 2.24) is 5.32 Å². The predicted octanol–water partition coefficient (Wildman–Crippen LogP) is 2.10. The molecule has 1 heterocycles. The van der Waals surface area contributed by atoms with Crippen molar-refractivity contribution >= 4 is 9.84 Å². The van der Waals surface area contributed by atoms with Gasteiger partial charge in [-0.2, -0.15) is 0 Å². The van der Waals surface area contributed by atoms with Gasteiger partial charge in [-0.15, -0.1) is 0 Å². The summed E-state index contributed by atoms with van der Waals surface area (Å²) in [6.45, 7) is 4.21. The molecule has 1 atom stereocenters. The average molecular weight is 297 g/mol. The fourth-order valence-corrected chi connectivity index (χ4v) is 3.41. The topological polar surface area (TPSA) is 55.4 Å².